The number of fused-ring (bicyclic) bond motifs is 6. The van der Waals surface area contributed by atoms with Crippen LogP contribution in [0, 0.1) is 11.3 Å². The summed E-state index contributed by atoms with van der Waals surface area (Å²) in [5, 5.41) is 27.1. The number of rotatable bonds is 4. The van der Waals surface area contributed by atoms with Gasteiger partial charge in [0.15, 0.2) is 0 Å². The number of hydrogen-bond donors (Lipinski definition) is 1. The molecule has 0 radical (unpaired) electrons. The monoisotopic (exact) mass is 559 g/mol. The van der Waals surface area contributed by atoms with Crippen molar-refractivity contribution in [1.29, 1.82) is 5.26 Å². The second kappa shape index (κ2) is 9.17. The number of amides is 1. The predicted molar refractivity (Wildman–Crippen MR) is 156 cm³/mol. The van der Waals surface area contributed by atoms with Crippen molar-refractivity contribution in [2.24, 2.45) is 0 Å². The van der Waals surface area contributed by atoms with Crippen molar-refractivity contribution in [3.8, 4) is 17.6 Å². The normalized spacial score (nSPS) is 17.5. The van der Waals surface area contributed by atoms with Gasteiger partial charge in [0.1, 0.15) is 23.2 Å². The van der Waals surface area contributed by atoms with Crippen molar-refractivity contribution in [2.45, 2.75) is 51.2 Å². The number of pyridine rings is 1. The first-order valence-corrected chi connectivity index (χ1v) is 13.9. The molecule has 2 aromatic carbocycles. The lowest BCUT2D eigenvalue weighted by Crippen LogP contribution is -2.38. The Morgan fingerprint density at radius 3 is 2.52 bits per heavy atom. The van der Waals surface area contributed by atoms with Crippen LogP contribution in [0.1, 0.15) is 72.4 Å². The molecular formula is C32H29N7O3. The number of carbonyl (C=O) groups is 1. The van der Waals surface area contributed by atoms with Gasteiger partial charge in [-0.2, -0.15) is 10.4 Å². The van der Waals surface area contributed by atoms with Crippen molar-refractivity contribution in [3.05, 3.63) is 106 Å². The van der Waals surface area contributed by atoms with Gasteiger partial charge in [0.05, 0.1) is 36.2 Å². The summed E-state index contributed by atoms with van der Waals surface area (Å²) in [5.74, 6) is -0.396. The largest absolute Gasteiger partial charge is 0.493 e. The number of nitriles is 1. The lowest BCUT2D eigenvalue weighted by atomic mass is 9.92. The molecule has 1 fully saturated rings. The van der Waals surface area contributed by atoms with Crippen LogP contribution in [0.15, 0.2) is 71.7 Å². The fourth-order valence-corrected chi connectivity index (χ4v) is 6.31. The van der Waals surface area contributed by atoms with Gasteiger partial charge in [-0.15, -0.1) is 0 Å². The Kier molecular flexibility index (Phi) is 5.63. The molecular weight excluding hydrogens is 530 g/mol. The third kappa shape index (κ3) is 3.77. The van der Waals surface area contributed by atoms with Crippen LogP contribution in [0.4, 0.5) is 0 Å². The molecule has 1 saturated heterocycles. The van der Waals surface area contributed by atoms with Gasteiger partial charge >= 0.3 is 5.69 Å². The van der Waals surface area contributed by atoms with Gasteiger partial charge in [0.2, 0.25) is 5.88 Å². The fourth-order valence-electron chi connectivity index (χ4n) is 6.31. The Labute approximate surface area is 241 Å². The fraction of sp³-hybridized carbons (Fsp3) is 0.281. The molecule has 2 aliphatic heterocycles. The molecule has 0 aliphatic carbocycles. The zero-order valence-corrected chi connectivity index (χ0v) is 23.5. The Hall–Kier alpha value is -5.17. The summed E-state index contributed by atoms with van der Waals surface area (Å²) in [4.78, 5) is 33.9. The second-order valence-electron chi connectivity index (χ2n) is 12.0. The van der Waals surface area contributed by atoms with Crippen LogP contribution in [-0.2, 0) is 12.0 Å². The summed E-state index contributed by atoms with van der Waals surface area (Å²) in [6, 6.07) is 20.3. The van der Waals surface area contributed by atoms with Crippen LogP contribution in [-0.4, -0.2) is 46.4 Å². The summed E-state index contributed by atoms with van der Waals surface area (Å²) in [5.41, 5.74) is 2.74. The molecule has 2 atom stereocenters. The highest BCUT2D eigenvalue weighted by Gasteiger charge is 2.50. The number of hydrogen-bond acceptors (Lipinski definition) is 6. The van der Waals surface area contributed by atoms with E-state index in [-0.39, 0.29) is 34.6 Å². The van der Waals surface area contributed by atoms with Gasteiger partial charge < -0.3 is 10.0 Å². The third-order valence-corrected chi connectivity index (χ3v) is 8.38. The molecule has 0 spiro atoms. The van der Waals surface area contributed by atoms with Crippen LogP contribution in [0.25, 0.3) is 16.5 Å². The molecule has 3 aromatic heterocycles. The minimum atomic E-state index is -0.466. The van der Waals surface area contributed by atoms with Gasteiger partial charge in [-0.3, -0.25) is 14.0 Å². The molecule has 1 N–H and O–H groups in total. The molecule has 10 nitrogen and oxygen atoms in total. The highest BCUT2D eigenvalue weighted by atomic mass is 16.3. The van der Waals surface area contributed by atoms with Crippen molar-refractivity contribution in [2.75, 3.05) is 6.54 Å². The minimum Gasteiger partial charge on any atom is -0.493 e. The molecule has 5 heterocycles. The SMILES string of the molecule is CC(C)(C)c1cc(C(=O)N2C[C@@H]3C[C@H]2c2c(O)n(-c4cnc(C#N)c5ccccc45)c(=O)n23)n(Cc2ccccc2)n1. The number of aromatic nitrogens is 5. The summed E-state index contributed by atoms with van der Waals surface area (Å²) in [6.45, 7) is 7.00. The van der Waals surface area contributed by atoms with E-state index in [1.807, 2.05) is 42.5 Å². The molecule has 5 aromatic rings. The molecule has 42 heavy (non-hydrogen) atoms. The average molecular weight is 560 g/mol. The van der Waals surface area contributed by atoms with Crippen molar-refractivity contribution >= 4 is 16.7 Å². The Balaban J connectivity index is 1.29. The first-order valence-electron chi connectivity index (χ1n) is 13.9. The first-order chi connectivity index (χ1) is 20.2. The van der Waals surface area contributed by atoms with Gasteiger partial charge in [-0.05, 0) is 18.1 Å². The van der Waals surface area contributed by atoms with Crippen LogP contribution >= 0.6 is 0 Å². The summed E-state index contributed by atoms with van der Waals surface area (Å²) in [6.07, 6.45) is 1.99. The van der Waals surface area contributed by atoms with Crippen molar-refractivity contribution in [3.63, 3.8) is 0 Å². The van der Waals surface area contributed by atoms with E-state index in [9.17, 15) is 20.0 Å². The lowest BCUT2D eigenvalue weighted by Gasteiger charge is -2.27. The van der Waals surface area contributed by atoms with Crippen molar-refractivity contribution in [1.82, 2.24) is 28.8 Å². The molecule has 10 heteroatoms. The Morgan fingerprint density at radius 1 is 1.10 bits per heavy atom. The third-order valence-electron chi connectivity index (χ3n) is 8.38. The highest BCUT2D eigenvalue weighted by Crippen LogP contribution is 2.49. The standard InChI is InChI=1S/C32H29N7O3/c1-32(2,3)27-14-25(37(35-27)17-19-9-5-4-6-10-19)29(40)36-18-20-13-24(36)28-30(41)39(31(42)38(20)28)26-16-34-23(15-33)21-11-7-8-12-22(21)26/h4-12,14,16,20,24,41H,13,17-18H2,1-3H3/t20-,24-/m0/s1. The van der Waals surface area contributed by atoms with E-state index in [2.05, 4.69) is 31.8 Å². The topological polar surface area (TPSA) is 122 Å². The van der Waals surface area contributed by atoms with E-state index in [1.54, 1.807) is 32.3 Å². The summed E-state index contributed by atoms with van der Waals surface area (Å²) >= 11 is 0. The number of benzene rings is 2. The zero-order valence-electron chi connectivity index (χ0n) is 23.5. The summed E-state index contributed by atoms with van der Waals surface area (Å²) < 4.78 is 4.62. The number of likely N-dealkylation sites (tertiary alicyclic amines) is 1. The van der Waals surface area contributed by atoms with Crippen molar-refractivity contribution < 1.29 is 9.90 Å². The maximum absolute atomic E-state index is 14.2. The predicted octanol–water partition coefficient (Wildman–Crippen LogP) is 4.45. The molecule has 0 saturated carbocycles. The van der Waals surface area contributed by atoms with E-state index in [4.69, 9.17) is 5.10 Å². The van der Waals surface area contributed by atoms with Gasteiger partial charge in [0, 0.05) is 22.7 Å². The van der Waals surface area contributed by atoms with E-state index in [0.29, 0.717) is 47.4 Å². The number of nitrogens with zero attached hydrogens (tertiary/aromatic N) is 7. The van der Waals surface area contributed by atoms with Crippen LogP contribution in [0.5, 0.6) is 5.88 Å². The second-order valence-corrected chi connectivity index (χ2v) is 12.0. The van der Waals surface area contributed by atoms with E-state index >= 15 is 0 Å². The average Bonchev–Trinajstić information content (AvgIpc) is 3.75. The summed E-state index contributed by atoms with van der Waals surface area (Å²) in [7, 11) is 0. The van der Waals surface area contributed by atoms with E-state index in [0.717, 1.165) is 11.3 Å². The minimum absolute atomic E-state index is 0.183. The van der Waals surface area contributed by atoms with Crippen LogP contribution in [0.3, 0.4) is 0 Å². The van der Waals surface area contributed by atoms with Crippen LogP contribution < -0.4 is 5.69 Å². The molecule has 1 amide bonds. The number of imidazole rings is 1. The maximum Gasteiger partial charge on any atom is 0.336 e. The molecule has 0 unspecified atom stereocenters. The zero-order chi connectivity index (χ0) is 29.3. The lowest BCUT2D eigenvalue weighted by molar-refractivity contribution is 0.0699. The Bertz CT molecular complexity index is 1990. The molecule has 7 rings (SSSR count). The molecule has 210 valence electrons. The van der Waals surface area contributed by atoms with E-state index < -0.39 is 6.04 Å². The molecule has 2 bridgehead atoms. The number of carbonyl (C=O) groups excluding carboxylic acids is 1. The highest BCUT2D eigenvalue weighted by molar-refractivity contribution is 5.94. The van der Waals surface area contributed by atoms with Gasteiger partial charge in [-0.25, -0.2) is 14.3 Å². The van der Waals surface area contributed by atoms with E-state index in [1.165, 1.54) is 10.8 Å². The smallest absolute Gasteiger partial charge is 0.336 e. The number of aromatic hydroxyl groups is 1. The van der Waals surface area contributed by atoms with Gasteiger partial charge in [-0.1, -0.05) is 75.4 Å². The van der Waals surface area contributed by atoms with Gasteiger partial charge in [0.25, 0.3) is 5.91 Å². The Morgan fingerprint density at radius 2 is 1.81 bits per heavy atom. The molecule has 2 aliphatic rings. The maximum atomic E-state index is 14.2. The van der Waals surface area contributed by atoms with Crippen LogP contribution in [0.2, 0.25) is 0 Å². The quantitative estimate of drug-likeness (QED) is 0.347. The first kappa shape index (κ1) is 25.8.